The maximum atomic E-state index is 12.8. The molecule has 0 amide bonds. The molecule has 1 atom stereocenters. The molecule has 0 fully saturated rings. The third kappa shape index (κ3) is 4.15. The summed E-state index contributed by atoms with van der Waals surface area (Å²) in [7, 11) is -3.68. The number of hydrogen-bond donors (Lipinski definition) is 1. The van der Waals surface area contributed by atoms with Gasteiger partial charge in [-0.1, -0.05) is 24.2 Å². The summed E-state index contributed by atoms with van der Waals surface area (Å²) in [6.07, 6.45) is 0.682. The molecule has 8 nitrogen and oxygen atoms in total. The highest BCUT2D eigenvalue weighted by atomic mass is 32.2. The van der Waals surface area contributed by atoms with E-state index in [1.165, 1.54) is 10.7 Å². The number of sulfonamides is 1. The molecule has 3 aromatic rings. The highest BCUT2D eigenvalue weighted by Gasteiger charge is 2.21. The number of benzene rings is 1. The second-order valence-electron chi connectivity index (χ2n) is 7.05. The van der Waals surface area contributed by atoms with Crippen molar-refractivity contribution in [2.24, 2.45) is 0 Å². The summed E-state index contributed by atoms with van der Waals surface area (Å²) in [6.45, 7) is 8.90. The molecule has 0 aliphatic carbocycles. The third-order valence-electron chi connectivity index (χ3n) is 4.75. The van der Waals surface area contributed by atoms with Gasteiger partial charge in [-0.15, -0.1) is 0 Å². The van der Waals surface area contributed by atoms with Crippen LogP contribution in [0.2, 0.25) is 0 Å². The maximum Gasteiger partial charge on any atom is 0.271 e. The molecule has 0 unspecified atom stereocenters. The second kappa shape index (κ2) is 7.92. The van der Waals surface area contributed by atoms with Gasteiger partial charge >= 0.3 is 0 Å². The molecule has 0 saturated heterocycles. The monoisotopic (exact) mass is 416 g/mol. The molecule has 3 rings (SSSR count). The van der Waals surface area contributed by atoms with Crippen molar-refractivity contribution in [1.29, 1.82) is 0 Å². The summed E-state index contributed by atoms with van der Waals surface area (Å²) < 4.78 is 34.6. The van der Waals surface area contributed by atoms with Crippen LogP contribution in [0.15, 0.2) is 44.5 Å². The molecule has 0 aliphatic heterocycles. The first-order valence-electron chi connectivity index (χ1n) is 9.31. The van der Waals surface area contributed by atoms with Crippen LogP contribution in [0.25, 0.3) is 16.9 Å². The minimum Gasteiger partial charge on any atom is -0.359 e. The van der Waals surface area contributed by atoms with Gasteiger partial charge in [-0.3, -0.25) is 4.79 Å². The Balaban J connectivity index is 2.11. The quantitative estimate of drug-likeness (QED) is 0.662. The van der Waals surface area contributed by atoms with E-state index in [9.17, 15) is 13.2 Å². The molecule has 0 aliphatic rings. The molecule has 0 bridgehead atoms. The SMILES string of the molecule is CC[C@H](C)NS(=O)(=O)c1cc(-c2ccc(=O)n(-c3c(C)noc3C)n2)ccc1C. The van der Waals surface area contributed by atoms with Gasteiger partial charge < -0.3 is 4.52 Å². The lowest BCUT2D eigenvalue weighted by atomic mass is 10.1. The van der Waals surface area contributed by atoms with E-state index >= 15 is 0 Å². The largest absolute Gasteiger partial charge is 0.359 e. The normalized spacial score (nSPS) is 12.9. The van der Waals surface area contributed by atoms with Gasteiger partial charge in [-0.2, -0.15) is 9.78 Å². The molecule has 2 heterocycles. The molecular weight excluding hydrogens is 392 g/mol. The lowest BCUT2D eigenvalue weighted by Gasteiger charge is -2.15. The minimum absolute atomic E-state index is 0.178. The standard InChI is InChI=1S/C20H24N4O4S/c1-6-13(3)23-29(26,27)18-11-16(8-7-12(18)2)17-9-10-19(25)24(21-17)20-14(4)22-28-15(20)5/h7-11,13,23H,6H2,1-5H3/t13-/m0/s1. The minimum atomic E-state index is -3.68. The van der Waals surface area contributed by atoms with E-state index in [1.807, 2.05) is 13.8 Å². The van der Waals surface area contributed by atoms with Gasteiger partial charge in [0, 0.05) is 17.7 Å². The van der Waals surface area contributed by atoms with Crippen molar-refractivity contribution >= 4 is 10.0 Å². The van der Waals surface area contributed by atoms with Gasteiger partial charge in [-0.05, 0) is 51.8 Å². The first kappa shape index (κ1) is 20.9. The fraction of sp³-hybridized carbons (Fsp3) is 0.350. The zero-order valence-electron chi connectivity index (χ0n) is 17.1. The van der Waals surface area contributed by atoms with Crippen LogP contribution in [0.4, 0.5) is 0 Å². The summed E-state index contributed by atoms with van der Waals surface area (Å²) in [5.41, 5.74) is 2.37. The lowest BCUT2D eigenvalue weighted by molar-refractivity contribution is 0.392. The first-order chi connectivity index (χ1) is 13.6. The van der Waals surface area contributed by atoms with Crippen LogP contribution in [0.1, 0.15) is 37.3 Å². The van der Waals surface area contributed by atoms with Crippen molar-refractivity contribution in [3.8, 4) is 16.9 Å². The summed E-state index contributed by atoms with van der Waals surface area (Å²) in [5, 5.41) is 8.29. The summed E-state index contributed by atoms with van der Waals surface area (Å²) >= 11 is 0. The molecule has 2 aromatic heterocycles. The Bertz CT molecular complexity index is 1190. The Labute approximate surface area is 169 Å². The number of rotatable bonds is 6. The molecule has 9 heteroatoms. The zero-order chi connectivity index (χ0) is 21.3. The molecule has 1 N–H and O–H groups in total. The predicted molar refractivity (Wildman–Crippen MR) is 110 cm³/mol. The number of nitrogens with zero attached hydrogens (tertiary/aromatic N) is 3. The van der Waals surface area contributed by atoms with E-state index in [1.54, 1.807) is 45.0 Å². The van der Waals surface area contributed by atoms with Crippen molar-refractivity contribution in [1.82, 2.24) is 19.7 Å². The van der Waals surface area contributed by atoms with Gasteiger partial charge in [0.2, 0.25) is 10.0 Å². The van der Waals surface area contributed by atoms with Crippen molar-refractivity contribution in [2.45, 2.75) is 52.0 Å². The number of hydrogen-bond acceptors (Lipinski definition) is 6. The van der Waals surface area contributed by atoms with Gasteiger partial charge in [0.15, 0.2) is 5.76 Å². The fourth-order valence-corrected chi connectivity index (χ4v) is 4.56. The van der Waals surface area contributed by atoms with Gasteiger partial charge in [0.25, 0.3) is 5.56 Å². The molecular formula is C20H24N4O4S. The highest BCUT2D eigenvalue weighted by Crippen LogP contribution is 2.24. The average Bonchev–Trinajstić information content (AvgIpc) is 3.00. The molecule has 29 heavy (non-hydrogen) atoms. The third-order valence-corrected chi connectivity index (χ3v) is 6.48. The van der Waals surface area contributed by atoms with Crippen LogP contribution in [-0.4, -0.2) is 29.4 Å². The van der Waals surface area contributed by atoms with Crippen molar-refractivity contribution in [2.75, 3.05) is 0 Å². The predicted octanol–water partition coefficient (Wildman–Crippen LogP) is 2.89. The van der Waals surface area contributed by atoms with Gasteiger partial charge in [0.05, 0.1) is 10.6 Å². The van der Waals surface area contributed by atoms with E-state index in [0.29, 0.717) is 40.4 Å². The van der Waals surface area contributed by atoms with Crippen LogP contribution in [0.3, 0.4) is 0 Å². The van der Waals surface area contributed by atoms with Crippen LogP contribution in [0, 0.1) is 20.8 Å². The van der Waals surface area contributed by atoms with E-state index in [4.69, 9.17) is 4.52 Å². The van der Waals surface area contributed by atoms with E-state index < -0.39 is 10.0 Å². The van der Waals surface area contributed by atoms with E-state index in [-0.39, 0.29) is 16.5 Å². The smallest absolute Gasteiger partial charge is 0.271 e. The van der Waals surface area contributed by atoms with Crippen LogP contribution in [-0.2, 0) is 10.0 Å². The van der Waals surface area contributed by atoms with Crippen LogP contribution in [0.5, 0.6) is 0 Å². The maximum absolute atomic E-state index is 12.8. The Kier molecular flexibility index (Phi) is 5.72. The second-order valence-corrected chi connectivity index (χ2v) is 8.73. The number of nitrogens with one attached hydrogen (secondary N) is 1. The number of aryl methyl sites for hydroxylation is 3. The van der Waals surface area contributed by atoms with Crippen molar-refractivity contribution in [3.05, 3.63) is 57.7 Å². The van der Waals surface area contributed by atoms with E-state index in [2.05, 4.69) is 15.0 Å². The zero-order valence-corrected chi connectivity index (χ0v) is 17.9. The topological polar surface area (TPSA) is 107 Å². The number of aromatic nitrogens is 3. The van der Waals surface area contributed by atoms with Crippen LogP contribution < -0.4 is 10.3 Å². The lowest BCUT2D eigenvalue weighted by Crippen LogP contribution is -2.32. The Morgan fingerprint density at radius 2 is 1.90 bits per heavy atom. The van der Waals surface area contributed by atoms with Gasteiger partial charge in [-0.25, -0.2) is 13.1 Å². The summed E-state index contributed by atoms with van der Waals surface area (Å²) in [6, 6.07) is 7.86. The summed E-state index contributed by atoms with van der Waals surface area (Å²) in [4.78, 5) is 12.6. The first-order valence-corrected chi connectivity index (χ1v) is 10.8. The van der Waals surface area contributed by atoms with E-state index in [0.717, 1.165) is 0 Å². The average molecular weight is 417 g/mol. The van der Waals surface area contributed by atoms with Crippen LogP contribution >= 0.6 is 0 Å². The highest BCUT2D eigenvalue weighted by molar-refractivity contribution is 7.89. The Morgan fingerprint density at radius 1 is 1.17 bits per heavy atom. The molecule has 154 valence electrons. The van der Waals surface area contributed by atoms with Crippen molar-refractivity contribution < 1.29 is 12.9 Å². The molecule has 0 spiro atoms. The Hall–Kier alpha value is -2.78. The van der Waals surface area contributed by atoms with Crippen molar-refractivity contribution in [3.63, 3.8) is 0 Å². The molecule has 0 saturated carbocycles. The molecule has 0 radical (unpaired) electrons. The summed E-state index contributed by atoms with van der Waals surface area (Å²) in [5.74, 6) is 0.471. The fourth-order valence-electron chi connectivity index (χ4n) is 2.97. The van der Waals surface area contributed by atoms with Gasteiger partial charge in [0.1, 0.15) is 11.4 Å². The molecule has 1 aromatic carbocycles. The Morgan fingerprint density at radius 3 is 2.52 bits per heavy atom.